The van der Waals surface area contributed by atoms with Crippen molar-refractivity contribution in [1.82, 2.24) is 19.9 Å². The van der Waals surface area contributed by atoms with Gasteiger partial charge in [-0.05, 0) is 48.9 Å². The molecule has 25 heavy (non-hydrogen) atoms. The predicted octanol–water partition coefficient (Wildman–Crippen LogP) is 3.12. The molecule has 1 aliphatic rings. The smallest absolute Gasteiger partial charge is 0.291 e. The van der Waals surface area contributed by atoms with Gasteiger partial charge in [-0.15, -0.1) is 0 Å². The molecule has 1 amide bonds. The van der Waals surface area contributed by atoms with E-state index in [4.69, 9.17) is 0 Å². The highest BCUT2D eigenvalue weighted by atomic mass is 16.2. The third kappa shape index (κ3) is 3.36. The molecular weight excluding hydrogens is 312 g/mol. The van der Waals surface area contributed by atoms with Crippen molar-refractivity contribution < 1.29 is 4.79 Å². The van der Waals surface area contributed by atoms with Gasteiger partial charge >= 0.3 is 0 Å². The van der Waals surface area contributed by atoms with Crippen molar-refractivity contribution in [3.05, 3.63) is 66.4 Å². The summed E-state index contributed by atoms with van der Waals surface area (Å²) in [7, 11) is 0. The second kappa shape index (κ2) is 6.97. The topological polar surface area (TPSA) is 59.0 Å². The Bertz CT molecular complexity index is 868. The van der Waals surface area contributed by atoms with Crippen LogP contribution in [-0.4, -0.2) is 38.8 Å². The van der Waals surface area contributed by atoms with Gasteiger partial charge in [-0.25, -0.2) is 9.97 Å². The van der Waals surface area contributed by atoms with E-state index in [2.05, 4.69) is 39.2 Å². The fourth-order valence-corrected chi connectivity index (χ4v) is 3.55. The predicted molar refractivity (Wildman–Crippen MR) is 96.1 cm³/mol. The number of benzene rings is 1. The van der Waals surface area contributed by atoms with Crippen LogP contribution in [0.5, 0.6) is 0 Å². The molecular formula is C20H20N4O. The van der Waals surface area contributed by atoms with Crippen LogP contribution >= 0.6 is 0 Å². The van der Waals surface area contributed by atoms with Crippen LogP contribution in [0, 0.1) is 5.92 Å². The number of carbonyl (C=O) groups is 1. The molecule has 1 saturated heterocycles. The summed E-state index contributed by atoms with van der Waals surface area (Å²) in [5.41, 5.74) is 2.40. The Hall–Kier alpha value is -2.82. The van der Waals surface area contributed by atoms with E-state index in [0.29, 0.717) is 11.7 Å². The molecule has 1 fully saturated rings. The number of carbonyl (C=O) groups excluding carboxylic acids is 1. The van der Waals surface area contributed by atoms with Gasteiger partial charge in [0.15, 0.2) is 0 Å². The Kier molecular flexibility index (Phi) is 4.37. The van der Waals surface area contributed by atoms with Crippen LogP contribution < -0.4 is 0 Å². The van der Waals surface area contributed by atoms with E-state index < -0.39 is 0 Å². The Morgan fingerprint density at radius 2 is 1.72 bits per heavy atom. The highest BCUT2D eigenvalue weighted by Crippen LogP contribution is 2.26. The van der Waals surface area contributed by atoms with Gasteiger partial charge in [0.1, 0.15) is 0 Å². The van der Waals surface area contributed by atoms with Crippen molar-refractivity contribution in [3.63, 3.8) is 0 Å². The number of fused-ring (bicyclic) bond motifs is 1. The SMILES string of the molecule is O=C(c1ncccn1)N1CCC(Cc2cccc3ncccc23)CC1. The van der Waals surface area contributed by atoms with E-state index >= 15 is 0 Å². The lowest BCUT2D eigenvalue weighted by atomic mass is 9.89. The zero-order chi connectivity index (χ0) is 17.1. The Morgan fingerprint density at radius 3 is 2.52 bits per heavy atom. The van der Waals surface area contributed by atoms with Gasteiger partial charge in [-0.1, -0.05) is 18.2 Å². The normalized spacial score (nSPS) is 15.4. The lowest BCUT2D eigenvalue weighted by Crippen LogP contribution is -2.39. The molecule has 3 aromatic rings. The quantitative estimate of drug-likeness (QED) is 0.739. The van der Waals surface area contributed by atoms with Gasteiger partial charge in [-0.2, -0.15) is 0 Å². The van der Waals surface area contributed by atoms with Gasteiger partial charge in [-0.3, -0.25) is 9.78 Å². The Morgan fingerprint density at radius 1 is 0.960 bits per heavy atom. The van der Waals surface area contributed by atoms with E-state index in [1.165, 1.54) is 10.9 Å². The second-order valence-electron chi connectivity index (χ2n) is 6.50. The molecule has 4 rings (SSSR count). The van der Waals surface area contributed by atoms with E-state index in [1.807, 2.05) is 17.2 Å². The van der Waals surface area contributed by atoms with Crippen LogP contribution in [0.1, 0.15) is 29.0 Å². The molecule has 3 heterocycles. The summed E-state index contributed by atoms with van der Waals surface area (Å²) in [6.07, 6.45) is 8.11. The van der Waals surface area contributed by atoms with Crippen molar-refractivity contribution in [1.29, 1.82) is 0 Å². The lowest BCUT2D eigenvalue weighted by molar-refractivity contribution is 0.0678. The van der Waals surface area contributed by atoms with Crippen LogP contribution in [0.2, 0.25) is 0 Å². The number of likely N-dealkylation sites (tertiary alicyclic amines) is 1. The number of amides is 1. The van der Waals surface area contributed by atoms with Gasteiger partial charge in [0.25, 0.3) is 5.91 Å². The highest BCUT2D eigenvalue weighted by molar-refractivity contribution is 5.90. The van der Waals surface area contributed by atoms with Crippen molar-refractivity contribution in [2.45, 2.75) is 19.3 Å². The first-order chi connectivity index (χ1) is 12.3. The standard InChI is InChI=1S/C20H20N4O/c25-20(19-22-10-3-11-23-19)24-12-7-15(8-13-24)14-16-4-1-6-18-17(16)5-2-9-21-18/h1-6,9-11,15H,7-8,12-14H2. The highest BCUT2D eigenvalue weighted by Gasteiger charge is 2.25. The lowest BCUT2D eigenvalue weighted by Gasteiger charge is -2.31. The molecule has 0 unspecified atom stereocenters. The first-order valence-corrected chi connectivity index (χ1v) is 8.70. The van der Waals surface area contributed by atoms with Crippen molar-refractivity contribution in [2.75, 3.05) is 13.1 Å². The number of hydrogen-bond acceptors (Lipinski definition) is 4. The number of pyridine rings is 1. The second-order valence-corrected chi connectivity index (χ2v) is 6.50. The van der Waals surface area contributed by atoms with E-state index in [1.54, 1.807) is 18.5 Å². The van der Waals surface area contributed by atoms with Crippen LogP contribution in [0.3, 0.4) is 0 Å². The molecule has 2 aromatic heterocycles. The van der Waals surface area contributed by atoms with Crippen molar-refractivity contribution >= 4 is 16.8 Å². The number of hydrogen-bond donors (Lipinski definition) is 0. The maximum absolute atomic E-state index is 12.4. The monoisotopic (exact) mass is 332 g/mol. The molecule has 0 atom stereocenters. The maximum atomic E-state index is 12.4. The van der Waals surface area contributed by atoms with Crippen LogP contribution in [0.25, 0.3) is 10.9 Å². The third-order valence-electron chi connectivity index (χ3n) is 4.90. The Labute approximate surface area is 146 Å². The summed E-state index contributed by atoms with van der Waals surface area (Å²) < 4.78 is 0. The van der Waals surface area contributed by atoms with E-state index in [9.17, 15) is 4.79 Å². The zero-order valence-electron chi connectivity index (χ0n) is 14.0. The Balaban J connectivity index is 1.41. The summed E-state index contributed by atoms with van der Waals surface area (Å²) in [5, 5.41) is 1.24. The minimum atomic E-state index is -0.0617. The van der Waals surface area contributed by atoms with Crippen molar-refractivity contribution in [2.24, 2.45) is 5.92 Å². The molecule has 5 nitrogen and oxygen atoms in total. The number of rotatable bonds is 3. The van der Waals surface area contributed by atoms with Gasteiger partial charge in [0.2, 0.25) is 5.82 Å². The first kappa shape index (κ1) is 15.7. The first-order valence-electron chi connectivity index (χ1n) is 8.70. The van der Waals surface area contributed by atoms with Crippen LogP contribution in [-0.2, 0) is 6.42 Å². The average Bonchev–Trinajstić information content (AvgIpc) is 2.69. The molecule has 0 radical (unpaired) electrons. The average molecular weight is 332 g/mol. The molecule has 0 N–H and O–H groups in total. The summed E-state index contributed by atoms with van der Waals surface area (Å²) in [4.78, 5) is 26.9. The van der Waals surface area contributed by atoms with Crippen LogP contribution in [0.4, 0.5) is 0 Å². The van der Waals surface area contributed by atoms with Crippen LogP contribution in [0.15, 0.2) is 55.0 Å². The van der Waals surface area contributed by atoms with Gasteiger partial charge < -0.3 is 4.90 Å². The minimum Gasteiger partial charge on any atom is -0.336 e. The maximum Gasteiger partial charge on any atom is 0.291 e. The fraction of sp³-hybridized carbons (Fsp3) is 0.300. The van der Waals surface area contributed by atoms with Crippen molar-refractivity contribution in [3.8, 4) is 0 Å². The number of piperidine rings is 1. The summed E-state index contributed by atoms with van der Waals surface area (Å²) >= 11 is 0. The van der Waals surface area contributed by atoms with Gasteiger partial charge in [0.05, 0.1) is 5.52 Å². The van der Waals surface area contributed by atoms with E-state index in [-0.39, 0.29) is 5.91 Å². The molecule has 126 valence electrons. The number of aromatic nitrogens is 3. The summed E-state index contributed by atoms with van der Waals surface area (Å²) in [6.45, 7) is 1.54. The number of nitrogens with zero attached hydrogens (tertiary/aromatic N) is 4. The molecule has 0 saturated carbocycles. The third-order valence-corrected chi connectivity index (χ3v) is 4.90. The largest absolute Gasteiger partial charge is 0.336 e. The minimum absolute atomic E-state index is 0.0617. The van der Waals surface area contributed by atoms with Gasteiger partial charge in [0, 0.05) is 37.1 Å². The zero-order valence-corrected chi connectivity index (χ0v) is 14.0. The molecule has 0 bridgehead atoms. The van der Waals surface area contributed by atoms with E-state index in [0.717, 1.165) is 37.9 Å². The molecule has 1 aliphatic heterocycles. The molecule has 0 aliphatic carbocycles. The fourth-order valence-electron chi connectivity index (χ4n) is 3.55. The molecule has 1 aromatic carbocycles. The molecule has 0 spiro atoms. The summed E-state index contributed by atoms with van der Waals surface area (Å²) in [6, 6.07) is 12.2. The summed E-state index contributed by atoms with van der Waals surface area (Å²) in [5.74, 6) is 0.820. The molecule has 5 heteroatoms.